The Bertz CT molecular complexity index is 802. The van der Waals surface area contributed by atoms with Gasteiger partial charge >= 0.3 is 11.9 Å². The summed E-state index contributed by atoms with van der Waals surface area (Å²) in [4.78, 5) is 34.3. The van der Waals surface area contributed by atoms with E-state index in [1.807, 2.05) is 0 Å². The molecule has 0 N–H and O–H groups in total. The van der Waals surface area contributed by atoms with Crippen molar-refractivity contribution >= 4 is 17.2 Å². The van der Waals surface area contributed by atoms with E-state index in [1.54, 1.807) is 0 Å². The summed E-state index contributed by atoms with van der Waals surface area (Å²) < 4.78 is 39.5. The molecule has 5 nitrogen and oxygen atoms in total. The van der Waals surface area contributed by atoms with E-state index in [4.69, 9.17) is 0 Å². The Kier molecular flexibility index (Phi) is 3.24. The van der Waals surface area contributed by atoms with Gasteiger partial charge in [-0.1, -0.05) is 0 Å². The summed E-state index contributed by atoms with van der Waals surface area (Å²) in [6.45, 7) is -0.502. The average Bonchev–Trinajstić information content (AvgIpc) is 2.39. The van der Waals surface area contributed by atoms with Crippen LogP contribution in [0.15, 0.2) is 27.8 Å². The molecule has 0 aliphatic rings. The fourth-order valence-corrected chi connectivity index (χ4v) is 1.93. The van der Waals surface area contributed by atoms with E-state index in [0.717, 1.165) is 16.7 Å². The third-order valence-corrected chi connectivity index (χ3v) is 2.94. The van der Waals surface area contributed by atoms with Crippen LogP contribution in [0.1, 0.15) is 5.56 Å². The molecular weight excluding hydrogens is 277 g/mol. The van der Waals surface area contributed by atoms with Gasteiger partial charge in [0.15, 0.2) is 0 Å². The smallest absolute Gasteiger partial charge is 0.301 e. The highest BCUT2D eigenvalue weighted by Gasteiger charge is 2.31. The number of aryl methyl sites for hydroxylation is 1. The molecule has 0 saturated carbocycles. The molecule has 0 atom stereocenters. The molecular formula is C12H9F3N2O3. The maximum atomic E-state index is 12.6. The molecule has 0 unspecified atom stereocenters. The molecule has 0 spiro atoms. The summed E-state index contributed by atoms with van der Waals surface area (Å²) in [5, 5.41) is -0.260. The Balaban J connectivity index is 2.92. The van der Waals surface area contributed by atoms with Crippen molar-refractivity contribution < 1.29 is 18.0 Å². The molecule has 0 aliphatic heterocycles. The number of carbonyl (C=O) groups excluding carboxylic acids is 1. The number of hydrogen-bond donors (Lipinski definition) is 0. The fourth-order valence-electron chi connectivity index (χ4n) is 1.93. The maximum Gasteiger partial charge on any atom is 0.416 e. The molecule has 0 aliphatic carbocycles. The predicted molar refractivity (Wildman–Crippen MR) is 64.5 cm³/mol. The van der Waals surface area contributed by atoms with Crippen LogP contribution >= 0.6 is 0 Å². The lowest BCUT2D eigenvalue weighted by atomic mass is 10.1. The minimum Gasteiger partial charge on any atom is -0.301 e. The minimum atomic E-state index is -4.59. The third-order valence-electron chi connectivity index (χ3n) is 2.94. The lowest BCUT2D eigenvalue weighted by Gasteiger charge is -2.11. The van der Waals surface area contributed by atoms with Crippen molar-refractivity contribution in [1.29, 1.82) is 0 Å². The van der Waals surface area contributed by atoms with Crippen molar-refractivity contribution in [3.8, 4) is 0 Å². The molecule has 1 heterocycles. The van der Waals surface area contributed by atoms with E-state index in [9.17, 15) is 27.6 Å². The lowest BCUT2D eigenvalue weighted by molar-refractivity contribution is -0.137. The van der Waals surface area contributed by atoms with Crippen LogP contribution in [0.2, 0.25) is 0 Å². The standard InChI is InChI=1S/C12H9F3N2O3/c1-16-9-3-2-7(12(13,14)15)6-8(9)10(19)17(4-5-18)11(16)20/h2-3,5-6H,4H2,1H3. The third kappa shape index (κ3) is 2.13. The molecule has 8 heteroatoms. The normalized spacial score (nSPS) is 11.8. The number of fused-ring (bicyclic) bond motifs is 1. The van der Waals surface area contributed by atoms with Gasteiger partial charge in [-0.2, -0.15) is 13.2 Å². The van der Waals surface area contributed by atoms with E-state index in [1.165, 1.54) is 7.05 Å². The first-order chi connectivity index (χ1) is 9.27. The van der Waals surface area contributed by atoms with Crippen LogP contribution in [0.25, 0.3) is 10.9 Å². The van der Waals surface area contributed by atoms with Gasteiger partial charge in [0.05, 0.1) is 23.0 Å². The van der Waals surface area contributed by atoms with E-state index in [2.05, 4.69) is 0 Å². The molecule has 1 aromatic heterocycles. The van der Waals surface area contributed by atoms with Crippen molar-refractivity contribution in [1.82, 2.24) is 9.13 Å². The number of carbonyl (C=O) groups is 1. The first-order valence-electron chi connectivity index (χ1n) is 5.52. The van der Waals surface area contributed by atoms with Crippen LogP contribution in [-0.2, 0) is 24.6 Å². The van der Waals surface area contributed by atoms with E-state index >= 15 is 0 Å². The van der Waals surface area contributed by atoms with Gasteiger partial charge in [0.2, 0.25) is 0 Å². The Morgan fingerprint density at radius 3 is 2.45 bits per heavy atom. The molecule has 0 amide bonds. The zero-order valence-corrected chi connectivity index (χ0v) is 10.3. The highest BCUT2D eigenvalue weighted by atomic mass is 19.4. The van der Waals surface area contributed by atoms with Crippen LogP contribution in [0.5, 0.6) is 0 Å². The first kappa shape index (κ1) is 14.0. The van der Waals surface area contributed by atoms with Gasteiger partial charge in [0, 0.05) is 7.05 Å². The number of aromatic nitrogens is 2. The second-order valence-electron chi connectivity index (χ2n) is 4.15. The largest absolute Gasteiger partial charge is 0.416 e. The fraction of sp³-hybridized carbons (Fsp3) is 0.250. The maximum absolute atomic E-state index is 12.6. The molecule has 0 fully saturated rings. The monoisotopic (exact) mass is 286 g/mol. The minimum absolute atomic E-state index is 0.0788. The van der Waals surface area contributed by atoms with Gasteiger partial charge in [0.1, 0.15) is 6.29 Å². The van der Waals surface area contributed by atoms with Crippen molar-refractivity contribution in [2.75, 3.05) is 0 Å². The Labute approximate surface area is 109 Å². The molecule has 1 aromatic carbocycles. The molecule has 20 heavy (non-hydrogen) atoms. The van der Waals surface area contributed by atoms with Crippen LogP contribution in [0, 0.1) is 0 Å². The molecule has 0 saturated heterocycles. The zero-order chi connectivity index (χ0) is 15.1. The van der Waals surface area contributed by atoms with Gasteiger partial charge in [0.25, 0.3) is 5.56 Å². The van der Waals surface area contributed by atoms with E-state index in [0.29, 0.717) is 16.9 Å². The van der Waals surface area contributed by atoms with Crippen LogP contribution in [-0.4, -0.2) is 15.4 Å². The van der Waals surface area contributed by atoms with Crippen molar-refractivity contribution in [3.63, 3.8) is 0 Å². The number of rotatable bonds is 2. The summed E-state index contributed by atoms with van der Waals surface area (Å²) in [5.74, 6) is 0. The molecule has 106 valence electrons. The summed E-state index contributed by atoms with van der Waals surface area (Å²) in [6, 6.07) is 2.54. The highest BCUT2D eigenvalue weighted by molar-refractivity contribution is 5.79. The van der Waals surface area contributed by atoms with Gasteiger partial charge in [-0.3, -0.25) is 13.9 Å². The van der Waals surface area contributed by atoms with Gasteiger partial charge in [-0.25, -0.2) is 4.79 Å². The number of alkyl halides is 3. The first-order valence-corrected chi connectivity index (χ1v) is 5.52. The molecule has 2 rings (SSSR count). The zero-order valence-electron chi connectivity index (χ0n) is 10.3. The van der Waals surface area contributed by atoms with Crippen LogP contribution < -0.4 is 11.2 Å². The number of hydrogen-bond acceptors (Lipinski definition) is 3. The number of nitrogens with zero attached hydrogens (tertiary/aromatic N) is 2. The number of aldehydes is 1. The highest BCUT2D eigenvalue weighted by Crippen LogP contribution is 2.30. The second-order valence-corrected chi connectivity index (χ2v) is 4.15. The van der Waals surface area contributed by atoms with Gasteiger partial charge < -0.3 is 4.79 Å². The summed E-state index contributed by atoms with van der Waals surface area (Å²) in [6.07, 6.45) is -4.26. The molecule has 2 aromatic rings. The topological polar surface area (TPSA) is 61.1 Å². The van der Waals surface area contributed by atoms with Crippen molar-refractivity contribution in [2.24, 2.45) is 7.05 Å². The summed E-state index contributed by atoms with van der Waals surface area (Å²) in [5.41, 5.74) is -2.58. The predicted octanol–water partition coefficient (Wildman–Crippen LogP) is 0.918. The average molecular weight is 286 g/mol. The van der Waals surface area contributed by atoms with Gasteiger partial charge in [-0.05, 0) is 18.2 Å². The quantitative estimate of drug-likeness (QED) is 0.771. The lowest BCUT2D eigenvalue weighted by Crippen LogP contribution is -2.39. The number of benzene rings is 1. The Morgan fingerprint density at radius 2 is 1.90 bits per heavy atom. The Morgan fingerprint density at radius 1 is 1.25 bits per heavy atom. The van der Waals surface area contributed by atoms with Crippen LogP contribution in [0.4, 0.5) is 13.2 Å². The molecule has 0 bridgehead atoms. The van der Waals surface area contributed by atoms with Crippen molar-refractivity contribution in [3.05, 3.63) is 44.6 Å². The summed E-state index contributed by atoms with van der Waals surface area (Å²) in [7, 11) is 1.32. The second kappa shape index (κ2) is 4.62. The van der Waals surface area contributed by atoms with Crippen LogP contribution in [0.3, 0.4) is 0 Å². The molecule has 0 radical (unpaired) electrons. The summed E-state index contributed by atoms with van der Waals surface area (Å²) >= 11 is 0. The SMILES string of the molecule is Cn1c(=O)n(CC=O)c(=O)c2cc(C(F)(F)F)ccc21. The van der Waals surface area contributed by atoms with Crippen molar-refractivity contribution in [2.45, 2.75) is 12.7 Å². The van der Waals surface area contributed by atoms with Gasteiger partial charge in [-0.15, -0.1) is 0 Å². The van der Waals surface area contributed by atoms with E-state index in [-0.39, 0.29) is 10.9 Å². The van der Waals surface area contributed by atoms with E-state index < -0.39 is 29.5 Å². The number of halogens is 3. The Hall–Kier alpha value is -2.38.